The van der Waals surface area contributed by atoms with Crippen LogP contribution in [0.15, 0.2) is 61.3 Å². The highest BCUT2D eigenvalue weighted by atomic mass is 16.5. The maximum atomic E-state index is 10.5. The van der Waals surface area contributed by atoms with Crippen molar-refractivity contribution in [2.24, 2.45) is 0 Å². The third kappa shape index (κ3) is 4.93. The van der Waals surface area contributed by atoms with E-state index in [1.807, 2.05) is 37.5 Å². The quantitative estimate of drug-likeness (QED) is 0.383. The molecule has 0 aliphatic carbocycles. The normalized spacial score (nSPS) is 11.7. The summed E-state index contributed by atoms with van der Waals surface area (Å²) in [5.74, 6) is 1.14. The number of rotatable bonds is 8. The number of aryl methyl sites for hydroxylation is 1. The van der Waals surface area contributed by atoms with Gasteiger partial charge in [-0.2, -0.15) is 0 Å². The van der Waals surface area contributed by atoms with E-state index < -0.39 is 0 Å². The molecule has 0 fully saturated rings. The number of aldehydes is 1. The lowest BCUT2D eigenvalue weighted by Crippen LogP contribution is -2.05. The minimum absolute atomic E-state index is 0.327. The van der Waals surface area contributed by atoms with E-state index in [1.165, 1.54) is 11.1 Å². The highest BCUT2D eigenvalue weighted by Crippen LogP contribution is 2.30. The lowest BCUT2D eigenvalue weighted by Gasteiger charge is -2.15. The first kappa shape index (κ1) is 20.4. The molecule has 148 valence electrons. The van der Waals surface area contributed by atoms with Crippen LogP contribution in [-0.4, -0.2) is 21.2 Å². The van der Waals surface area contributed by atoms with Gasteiger partial charge < -0.3 is 9.53 Å². The van der Waals surface area contributed by atoms with E-state index >= 15 is 0 Å². The van der Waals surface area contributed by atoms with Crippen molar-refractivity contribution in [3.63, 3.8) is 0 Å². The van der Waals surface area contributed by atoms with Crippen LogP contribution >= 0.6 is 0 Å². The molecule has 1 aromatic carbocycles. The standard InChI is InChI=1S/C24H25N3O2/c1-16-12-20(13-22(18(16)3)23-9-5-6-10-25-23)21-14-26-24(27-15-21)19(4)29-17(2)8-7-11-28/h5-6,9-15,19H,2,7-8H2,1,3-4H3. The summed E-state index contributed by atoms with van der Waals surface area (Å²) in [6.07, 6.45) is 6.85. The van der Waals surface area contributed by atoms with Gasteiger partial charge in [-0.25, -0.2) is 9.97 Å². The van der Waals surface area contributed by atoms with Gasteiger partial charge in [0.2, 0.25) is 0 Å². The predicted molar refractivity (Wildman–Crippen MR) is 114 cm³/mol. The van der Waals surface area contributed by atoms with Crippen LogP contribution in [0.5, 0.6) is 0 Å². The molecule has 0 aliphatic heterocycles. The number of hydrogen-bond acceptors (Lipinski definition) is 5. The average molecular weight is 387 g/mol. The van der Waals surface area contributed by atoms with Gasteiger partial charge >= 0.3 is 0 Å². The van der Waals surface area contributed by atoms with E-state index in [9.17, 15) is 4.79 Å². The van der Waals surface area contributed by atoms with E-state index in [-0.39, 0.29) is 6.10 Å². The number of benzene rings is 1. The van der Waals surface area contributed by atoms with Gasteiger partial charge in [-0.15, -0.1) is 0 Å². The number of aromatic nitrogens is 3. The Balaban J connectivity index is 1.84. The van der Waals surface area contributed by atoms with Crippen molar-refractivity contribution >= 4 is 6.29 Å². The van der Waals surface area contributed by atoms with Crippen LogP contribution in [0.3, 0.4) is 0 Å². The summed E-state index contributed by atoms with van der Waals surface area (Å²) in [7, 11) is 0. The molecular weight excluding hydrogens is 362 g/mol. The second kappa shape index (κ2) is 9.24. The fourth-order valence-corrected chi connectivity index (χ4v) is 3.09. The maximum Gasteiger partial charge on any atom is 0.168 e. The number of ether oxygens (including phenoxy) is 1. The van der Waals surface area contributed by atoms with Gasteiger partial charge in [0.25, 0.3) is 0 Å². The molecular formula is C24H25N3O2. The van der Waals surface area contributed by atoms with E-state index in [4.69, 9.17) is 4.74 Å². The Kier molecular flexibility index (Phi) is 6.50. The second-order valence-corrected chi connectivity index (χ2v) is 7.01. The fourth-order valence-electron chi connectivity index (χ4n) is 3.09. The molecule has 0 bridgehead atoms. The minimum Gasteiger partial charge on any atom is -0.488 e. The van der Waals surface area contributed by atoms with Crippen LogP contribution in [-0.2, 0) is 9.53 Å². The zero-order valence-corrected chi connectivity index (χ0v) is 17.1. The Labute approximate surface area is 171 Å². The minimum atomic E-state index is -0.327. The van der Waals surface area contributed by atoms with Crippen molar-refractivity contribution in [1.82, 2.24) is 15.0 Å². The third-order valence-electron chi connectivity index (χ3n) is 4.86. The monoisotopic (exact) mass is 387 g/mol. The summed E-state index contributed by atoms with van der Waals surface area (Å²) in [5.41, 5.74) is 6.43. The molecule has 0 saturated heterocycles. The van der Waals surface area contributed by atoms with Crippen LogP contribution in [0.1, 0.15) is 42.8 Å². The average Bonchev–Trinajstić information content (AvgIpc) is 2.74. The summed E-state index contributed by atoms with van der Waals surface area (Å²) >= 11 is 0. The molecule has 1 atom stereocenters. The maximum absolute atomic E-state index is 10.5. The van der Waals surface area contributed by atoms with E-state index in [2.05, 4.69) is 47.5 Å². The largest absolute Gasteiger partial charge is 0.488 e. The number of carbonyl (C=O) groups excluding carboxylic acids is 1. The summed E-state index contributed by atoms with van der Waals surface area (Å²) in [6, 6.07) is 10.2. The smallest absolute Gasteiger partial charge is 0.168 e. The van der Waals surface area contributed by atoms with Crippen molar-refractivity contribution < 1.29 is 9.53 Å². The van der Waals surface area contributed by atoms with Gasteiger partial charge in [0.1, 0.15) is 6.29 Å². The van der Waals surface area contributed by atoms with Gasteiger partial charge in [-0.1, -0.05) is 18.7 Å². The lowest BCUT2D eigenvalue weighted by atomic mass is 9.95. The van der Waals surface area contributed by atoms with Gasteiger partial charge in [-0.05, 0) is 55.7 Å². The molecule has 5 heteroatoms. The first-order valence-corrected chi connectivity index (χ1v) is 9.62. The first-order valence-electron chi connectivity index (χ1n) is 9.62. The third-order valence-corrected chi connectivity index (χ3v) is 4.86. The number of hydrogen-bond donors (Lipinski definition) is 0. The summed E-state index contributed by atoms with van der Waals surface area (Å²) < 4.78 is 5.71. The van der Waals surface area contributed by atoms with Crippen molar-refractivity contribution in [2.75, 3.05) is 0 Å². The van der Waals surface area contributed by atoms with Crippen molar-refractivity contribution in [3.8, 4) is 22.4 Å². The van der Waals surface area contributed by atoms with Crippen molar-refractivity contribution in [2.45, 2.75) is 39.7 Å². The van der Waals surface area contributed by atoms with Crippen LogP contribution in [0, 0.1) is 13.8 Å². The SMILES string of the molecule is C=C(CCC=O)OC(C)c1ncc(-c2cc(C)c(C)c(-c3ccccn3)c2)cn1. The molecule has 29 heavy (non-hydrogen) atoms. The second-order valence-electron chi connectivity index (χ2n) is 7.01. The molecule has 3 aromatic rings. The molecule has 0 saturated carbocycles. The van der Waals surface area contributed by atoms with Gasteiger partial charge in [-0.3, -0.25) is 4.98 Å². The molecule has 0 spiro atoms. The number of pyridine rings is 1. The van der Waals surface area contributed by atoms with Crippen molar-refractivity contribution in [1.29, 1.82) is 0 Å². The zero-order chi connectivity index (χ0) is 20.8. The number of carbonyl (C=O) groups is 1. The van der Waals surface area contributed by atoms with E-state index in [0.29, 0.717) is 24.4 Å². The summed E-state index contributed by atoms with van der Waals surface area (Å²) in [6.45, 7) is 9.92. The van der Waals surface area contributed by atoms with Crippen LogP contribution in [0.25, 0.3) is 22.4 Å². The molecule has 0 aliphatic rings. The van der Waals surface area contributed by atoms with Gasteiger partial charge in [0.05, 0.1) is 11.5 Å². The first-order chi connectivity index (χ1) is 14.0. The molecule has 3 rings (SSSR count). The van der Waals surface area contributed by atoms with Crippen LogP contribution < -0.4 is 0 Å². The predicted octanol–water partition coefficient (Wildman–Crippen LogP) is 5.39. The summed E-state index contributed by atoms with van der Waals surface area (Å²) in [4.78, 5) is 23.9. The Hall–Kier alpha value is -3.34. The Morgan fingerprint density at radius 2 is 1.90 bits per heavy atom. The van der Waals surface area contributed by atoms with Crippen molar-refractivity contribution in [3.05, 3.63) is 78.2 Å². The Morgan fingerprint density at radius 1 is 1.14 bits per heavy atom. The highest BCUT2D eigenvalue weighted by Gasteiger charge is 2.13. The molecule has 1 unspecified atom stereocenters. The van der Waals surface area contributed by atoms with E-state index in [1.54, 1.807) is 6.20 Å². The molecule has 5 nitrogen and oxygen atoms in total. The Bertz CT molecular complexity index is 999. The summed E-state index contributed by atoms with van der Waals surface area (Å²) in [5, 5.41) is 0. The van der Waals surface area contributed by atoms with Gasteiger partial charge in [0.15, 0.2) is 11.9 Å². The van der Waals surface area contributed by atoms with Crippen LogP contribution in [0.2, 0.25) is 0 Å². The van der Waals surface area contributed by atoms with Gasteiger partial charge in [0, 0.05) is 42.6 Å². The Morgan fingerprint density at radius 3 is 2.55 bits per heavy atom. The zero-order valence-electron chi connectivity index (χ0n) is 17.1. The number of allylic oxidation sites excluding steroid dienone is 1. The highest BCUT2D eigenvalue weighted by molar-refractivity contribution is 5.74. The molecule has 2 aromatic heterocycles. The molecule has 2 heterocycles. The molecule has 0 amide bonds. The van der Waals surface area contributed by atoms with Crippen LogP contribution in [0.4, 0.5) is 0 Å². The fraction of sp³-hybridized carbons (Fsp3) is 0.250. The lowest BCUT2D eigenvalue weighted by molar-refractivity contribution is -0.108. The topological polar surface area (TPSA) is 65.0 Å². The number of nitrogens with zero attached hydrogens (tertiary/aromatic N) is 3. The molecule has 0 radical (unpaired) electrons. The molecule has 0 N–H and O–H groups in total. The van der Waals surface area contributed by atoms with E-state index in [0.717, 1.165) is 28.7 Å².